The van der Waals surface area contributed by atoms with E-state index in [0.717, 1.165) is 32.1 Å². The van der Waals surface area contributed by atoms with Gasteiger partial charge in [0.05, 0.1) is 31.5 Å². The second-order valence-electron chi connectivity index (χ2n) is 13.7. The predicted molar refractivity (Wildman–Crippen MR) is 183 cm³/mol. The lowest BCUT2D eigenvalue weighted by atomic mass is 9.78. The number of hydrogen-bond acceptors (Lipinski definition) is 8. The smallest absolute Gasteiger partial charge is 0.306 e. The van der Waals surface area contributed by atoms with E-state index in [4.69, 9.17) is 10.5 Å². The van der Waals surface area contributed by atoms with Gasteiger partial charge in [-0.3, -0.25) is 33.6 Å². The first-order valence-corrected chi connectivity index (χ1v) is 17.4. The van der Waals surface area contributed by atoms with Gasteiger partial charge in [0.15, 0.2) is 0 Å². The Labute approximate surface area is 289 Å². The van der Waals surface area contributed by atoms with E-state index in [1.807, 2.05) is 27.7 Å². The molecule has 1 aliphatic rings. The van der Waals surface area contributed by atoms with Crippen LogP contribution < -0.4 is 27.0 Å². The Hall–Kier alpha value is -4.29. The number of rotatable bonds is 20. The Balaban J connectivity index is 2.10. The van der Waals surface area contributed by atoms with Gasteiger partial charge in [-0.15, -0.1) is 0 Å². The fourth-order valence-corrected chi connectivity index (χ4v) is 5.90. The van der Waals surface area contributed by atoms with E-state index >= 15 is 0 Å². The maximum absolute atomic E-state index is 13.7. The Kier molecular flexibility index (Phi) is 17.5. The molecule has 6 N–H and O–H groups in total. The van der Waals surface area contributed by atoms with Crippen LogP contribution in [0.1, 0.15) is 104 Å². The normalized spacial score (nSPS) is 15.7. The molecule has 2 rings (SSSR count). The lowest BCUT2D eigenvalue weighted by Crippen LogP contribution is -2.55. The van der Waals surface area contributed by atoms with Crippen LogP contribution >= 0.6 is 0 Å². The number of primary amides is 1. The standard InChI is InChI=1S/C36H55N5O8/c1-6-13-27(32(44)36(48)38-20-29(42)41-31(33(37)45)25-16-11-8-12-17-25)39-35(47)28(18-22(2)3)40-34(46)26(24-14-9-7-10-15-24)19-30(43)49-21-23(4)5/h8,11-12,16-17,22-24,26-28,31H,6-7,9-10,13-15,18-21H2,1-5H3,(H2,37,45)(H,38,48)(H,39,47)(H,40,46)(H,41,42). The summed E-state index contributed by atoms with van der Waals surface area (Å²) in [4.78, 5) is 90.5. The number of carbonyl (C=O) groups is 7. The maximum Gasteiger partial charge on any atom is 0.306 e. The zero-order chi connectivity index (χ0) is 36.5. The number of amides is 5. The monoisotopic (exact) mass is 685 g/mol. The molecular weight excluding hydrogens is 630 g/mol. The van der Waals surface area contributed by atoms with E-state index in [2.05, 4.69) is 21.3 Å². The average Bonchev–Trinajstić information content (AvgIpc) is 3.07. The SMILES string of the molecule is CCCC(NC(=O)C(CC(C)C)NC(=O)C(CC(=O)OCC(C)C)C1CCCCC1)C(=O)C(=O)NCC(=O)NC(C(N)=O)c1ccccc1. The highest BCUT2D eigenvalue weighted by molar-refractivity contribution is 6.38. The topological polar surface area (TPSA) is 203 Å². The van der Waals surface area contributed by atoms with E-state index in [1.54, 1.807) is 37.3 Å². The van der Waals surface area contributed by atoms with E-state index in [-0.39, 0.29) is 43.6 Å². The zero-order valence-electron chi connectivity index (χ0n) is 29.5. The van der Waals surface area contributed by atoms with Gasteiger partial charge in [-0.05, 0) is 49.0 Å². The number of ether oxygens (including phenoxy) is 1. The minimum absolute atomic E-state index is 0.0116. The molecule has 0 aromatic heterocycles. The molecule has 0 bridgehead atoms. The number of nitrogens with two attached hydrogens (primary N) is 1. The van der Waals surface area contributed by atoms with Crippen molar-refractivity contribution in [2.45, 2.75) is 111 Å². The highest BCUT2D eigenvalue weighted by atomic mass is 16.5. The maximum atomic E-state index is 13.7. The number of esters is 1. The molecule has 5 amide bonds. The minimum Gasteiger partial charge on any atom is -0.465 e. The number of ketones is 1. The fourth-order valence-electron chi connectivity index (χ4n) is 5.90. The van der Waals surface area contributed by atoms with E-state index in [0.29, 0.717) is 12.0 Å². The van der Waals surface area contributed by atoms with Crippen LogP contribution in [0.5, 0.6) is 0 Å². The third-order valence-corrected chi connectivity index (χ3v) is 8.43. The van der Waals surface area contributed by atoms with E-state index in [9.17, 15) is 33.6 Å². The van der Waals surface area contributed by atoms with Gasteiger partial charge in [-0.2, -0.15) is 0 Å². The summed E-state index contributed by atoms with van der Waals surface area (Å²) < 4.78 is 5.39. The number of benzene rings is 1. The summed E-state index contributed by atoms with van der Waals surface area (Å²) in [5.74, 6) is -5.64. The highest BCUT2D eigenvalue weighted by Gasteiger charge is 2.36. The lowest BCUT2D eigenvalue weighted by Gasteiger charge is -2.31. The summed E-state index contributed by atoms with van der Waals surface area (Å²) in [5.41, 5.74) is 5.89. The summed E-state index contributed by atoms with van der Waals surface area (Å²) in [6.07, 6.45) is 5.32. The average molecular weight is 686 g/mol. The van der Waals surface area contributed by atoms with Crippen LogP contribution in [0.15, 0.2) is 30.3 Å². The minimum atomic E-state index is -1.21. The Morgan fingerprint density at radius 3 is 2.04 bits per heavy atom. The molecule has 4 unspecified atom stereocenters. The van der Waals surface area contributed by atoms with Gasteiger partial charge in [-0.1, -0.05) is 90.6 Å². The van der Waals surface area contributed by atoms with Crippen LogP contribution in [-0.2, 0) is 38.3 Å². The Morgan fingerprint density at radius 1 is 0.837 bits per heavy atom. The van der Waals surface area contributed by atoms with Gasteiger partial charge in [0.25, 0.3) is 5.91 Å². The molecule has 49 heavy (non-hydrogen) atoms. The molecule has 0 radical (unpaired) electrons. The summed E-state index contributed by atoms with van der Waals surface area (Å²) in [6, 6.07) is 4.96. The largest absolute Gasteiger partial charge is 0.465 e. The predicted octanol–water partition coefficient (Wildman–Crippen LogP) is 2.62. The highest BCUT2D eigenvalue weighted by Crippen LogP contribution is 2.32. The molecule has 0 aliphatic heterocycles. The molecule has 1 saturated carbocycles. The molecule has 13 nitrogen and oxygen atoms in total. The van der Waals surface area contributed by atoms with Gasteiger partial charge in [0.2, 0.25) is 29.4 Å². The van der Waals surface area contributed by atoms with E-state index in [1.165, 1.54) is 0 Å². The van der Waals surface area contributed by atoms with Gasteiger partial charge in [0.1, 0.15) is 12.1 Å². The summed E-state index contributed by atoms with van der Waals surface area (Å²) >= 11 is 0. The molecule has 0 saturated heterocycles. The van der Waals surface area contributed by atoms with E-state index < -0.39 is 71.9 Å². The van der Waals surface area contributed by atoms with Crippen LogP contribution in [-0.4, -0.2) is 66.5 Å². The van der Waals surface area contributed by atoms with Crippen molar-refractivity contribution in [2.24, 2.45) is 29.4 Å². The van der Waals surface area contributed by atoms with Crippen LogP contribution in [0.25, 0.3) is 0 Å². The van der Waals surface area contributed by atoms with Crippen LogP contribution in [0.4, 0.5) is 0 Å². The lowest BCUT2D eigenvalue weighted by molar-refractivity contribution is -0.149. The van der Waals surface area contributed by atoms with Gasteiger partial charge < -0.3 is 31.7 Å². The first-order chi connectivity index (χ1) is 23.2. The third-order valence-electron chi connectivity index (χ3n) is 8.43. The Bertz CT molecular complexity index is 1280. The first-order valence-electron chi connectivity index (χ1n) is 17.4. The number of Topliss-reactive ketones (excluding diaryl/α,β-unsaturated/α-hetero) is 1. The summed E-state index contributed by atoms with van der Waals surface area (Å²) in [5, 5.41) is 10.2. The molecule has 1 aromatic carbocycles. The molecule has 0 heterocycles. The second kappa shape index (κ2) is 20.9. The van der Waals surface area contributed by atoms with Crippen molar-refractivity contribution in [3.63, 3.8) is 0 Å². The molecule has 1 aliphatic carbocycles. The molecule has 4 atom stereocenters. The Morgan fingerprint density at radius 2 is 1.47 bits per heavy atom. The van der Waals surface area contributed by atoms with Crippen molar-refractivity contribution in [2.75, 3.05) is 13.2 Å². The molecule has 13 heteroatoms. The number of nitrogens with one attached hydrogen (secondary N) is 4. The van der Waals surface area contributed by atoms with Crippen molar-refractivity contribution < 1.29 is 38.3 Å². The third kappa shape index (κ3) is 14.4. The number of carbonyl (C=O) groups excluding carboxylic acids is 7. The molecule has 1 aromatic rings. The molecule has 1 fully saturated rings. The van der Waals surface area contributed by atoms with Crippen molar-refractivity contribution in [1.82, 2.24) is 21.3 Å². The van der Waals surface area contributed by atoms with Gasteiger partial charge >= 0.3 is 5.97 Å². The van der Waals surface area contributed by atoms with Crippen molar-refractivity contribution in [3.05, 3.63) is 35.9 Å². The summed E-state index contributed by atoms with van der Waals surface area (Å²) in [6.45, 7) is 9.07. The molecular formula is C36H55N5O8. The van der Waals surface area contributed by atoms with Crippen molar-refractivity contribution in [1.29, 1.82) is 0 Å². The van der Waals surface area contributed by atoms with Gasteiger partial charge in [-0.25, -0.2) is 0 Å². The molecule has 0 spiro atoms. The fraction of sp³-hybridized carbons (Fsp3) is 0.639. The van der Waals surface area contributed by atoms with Gasteiger partial charge in [0, 0.05) is 0 Å². The second-order valence-corrected chi connectivity index (χ2v) is 13.7. The van der Waals surface area contributed by atoms with Crippen LogP contribution in [0.3, 0.4) is 0 Å². The van der Waals surface area contributed by atoms with Crippen molar-refractivity contribution in [3.8, 4) is 0 Å². The molecule has 272 valence electrons. The number of hydrogen-bond donors (Lipinski definition) is 5. The van der Waals surface area contributed by atoms with Crippen molar-refractivity contribution >= 4 is 41.3 Å². The first kappa shape index (κ1) is 40.9. The van der Waals surface area contributed by atoms with Crippen LogP contribution in [0, 0.1) is 23.7 Å². The quantitative estimate of drug-likeness (QED) is 0.102. The van der Waals surface area contributed by atoms with Crippen LogP contribution in [0.2, 0.25) is 0 Å². The summed E-state index contributed by atoms with van der Waals surface area (Å²) in [7, 11) is 0. The zero-order valence-corrected chi connectivity index (χ0v) is 29.5.